The summed E-state index contributed by atoms with van der Waals surface area (Å²) in [6, 6.07) is 7.84. The summed E-state index contributed by atoms with van der Waals surface area (Å²) < 4.78 is 1.97. The highest BCUT2D eigenvalue weighted by Gasteiger charge is 2.19. The van der Waals surface area contributed by atoms with Gasteiger partial charge in [-0.1, -0.05) is 19.1 Å². The van der Waals surface area contributed by atoms with Crippen molar-refractivity contribution in [2.45, 2.75) is 19.8 Å². The van der Waals surface area contributed by atoms with Crippen molar-refractivity contribution in [3.8, 4) is 0 Å². The lowest BCUT2D eigenvalue weighted by Crippen LogP contribution is -2.17. The molecule has 90 valence electrons. The molecule has 1 heterocycles. The van der Waals surface area contributed by atoms with Crippen LogP contribution in [0, 0.1) is 5.92 Å². The Morgan fingerprint density at radius 1 is 1.47 bits per heavy atom. The molecule has 0 saturated heterocycles. The fourth-order valence-corrected chi connectivity index (χ4v) is 2.00. The molecule has 4 nitrogen and oxygen atoms in total. The van der Waals surface area contributed by atoms with Crippen LogP contribution >= 0.6 is 0 Å². The quantitative estimate of drug-likeness (QED) is 0.879. The van der Waals surface area contributed by atoms with E-state index in [4.69, 9.17) is 5.11 Å². The molecular weight excluding hydrogens is 216 g/mol. The van der Waals surface area contributed by atoms with Gasteiger partial charge in [0, 0.05) is 13.5 Å². The van der Waals surface area contributed by atoms with Crippen molar-refractivity contribution in [1.82, 2.24) is 9.55 Å². The van der Waals surface area contributed by atoms with Gasteiger partial charge in [-0.3, -0.25) is 4.79 Å². The lowest BCUT2D eigenvalue weighted by atomic mass is 10.0. The van der Waals surface area contributed by atoms with Crippen molar-refractivity contribution < 1.29 is 9.90 Å². The van der Waals surface area contributed by atoms with Crippen molar-refractivity contribution in [2.75, 3.05) is 0 Å². The van der Waals surface area contributed by atoms with E-state index in [9.17, 15) is 4.79 Å². The Labute approximate surface area is 99.9 Å². The number of aromatic nitrogens is 2. The summed E-state index contributed by atoms with van der Waals surface area (Å²) in [7, 11) is 1.93. The number of carboxylic acids is 1. The monoisotopic (exact) mass is 232 g/mol. The summed E-state index contributed by atoms with van der Waals surface area (Å²) in [5.74, 6) is -0.273. The van der Waals surface area contributed by atoms with Gasteiger partial charge in [0.1, 0.15) is 5.82 Å². The van der Waals surface area contributed by atoms with E-state index in [2.05, 4.69) is 4.98 Å². The molecular formula is C13H16N2O2. The van der Waals surface area contributed by atoms with Crippen LogP contribution in [-0.2, 0) is 18.3 Å². The number of hydrogen-bond donors (Lipinski definition) is 1. The summed E-state index contributed by atoms with van der Waals surface area (Å²) in [6.45, 7) is 1.89. The van der Waals surface area contributed by atoms with Crippen molar-refractivity contribution in [1.29, 1.82) is 0 Å². The number of imidazole rings is 1. The first-order chi connectivity index (χ1) is 8.13. The highest BCUT2D eigenvalue weighted by Crippen LogP contribution is 2.18. The van der Waals surface area contributed by atoms with Gasteiger partial charge in [0.25, 0.3) is 0 Å². The van der Waals surface area contributed by atoms with E-state index in [1.54, 1.807) is 0 Å². The topological polar surface area (TPSA) is 55.1 Å². The van der Waals surface area contributed by atoms with Gasteiger partial charge in [0.2, 0.25) is 0 Å². The molecule has 17 heavy (non-hydrogen) atoms. The van der Waals surface area contributed by atoms with Gasteiger partial charge in [-0.05, 0) is 18.6 Å². The minimum Gasteiger partial charge on any atom is -0.481 e. The number of hydrogen-bond acceptors (Lipinski definition) is 2. The third-order valence-corrected chi connectivity index (χ3v) is 3.15. The van der Waals surface area contributed by atoms with E-state index < -0.39 is 5.97 Å². The number of aliphatic carboxylic acids is 1. The Hall–Kier alpha value is -1.84. The molecule has 0 spiro atoms. The van der Waals surface area contributed by atoms with Crippen LogP contribution < -0.4 is 0 Å². The minimum absolute atomic E-state index is 0.356. The third-order valence-electron chi connectivity index (χ3n) is 3.15. The normalized spacial score (nSPS) is 12.8. The predicted octanol–water partition coefficient (Wildman–Crippen LogP) is 2.23. The Morgan fingerprint density at radius 2 is 2.18 bits per heavy atom. The molecule has 0 fully saturated rings. The molecule has 0 bridgehead atoms. The molecule has 0 aliphatic rings. The number of nitrogens with zero attached hydrogens (tertiary/aromatic N) is 2. The second kappa shape index (κ2) is 4.57. The van der Waals surface area contributed by atoms with Gasteiger partial charge in [0.05, 0.1) is 17.0 Å². The SMILES string of the molecule is CCC(Cc1nc2ccccc2n1C)C(=O)O. The Morgan fingerprint density at radius 3 is 2.76 bits per heavy atom. The van der Waals surface area contributed by atoms with E-state index in [0.29, 0.717) is 12.8 Å². The maximum atomic E-state index is 11.0. The van der Waals surface area contributed by atoms with Gasteiger partial charge in [-0.15, -0.1) is 0 Å². The summed E-state index contributed by atoms with van der Waals surface area (Å²) >= 11 is 0. The molecule has 0 saturated carbocycles. The van der Waals surface area contributed by atoms with Crippen molar-refractivity contribution >= 4 is 17.0 Å². The van der Waals surface area contributed by atoms with Crippen LogP contribution in [0.5, 0.6) is 0 Å². The zero-order valence-electron chi connectivity index (χ0n) is 10.1. The van der Waals surface area contributed by atoms with Gasteiger partial charge < -0.3 is 9.67 Å². The predicted molar refractivity (Wildman–Crippen MR) is 65.8 cm³/mol. The van der Waals surface area contributed by atoms with E-state index in [1.807, 2.05) is 42.8 Å². The maximum Gasteiger partial charge on any atom is 0.306 e. The van der Waals surface area contributed by atoms with Crippen molar-refractivity contribution in [2.24, 2.45) is 13.0 Å². The van der Waals surface area contributed by atoms with Crippen LogP contribution in [0.1, 0.15) is 19.2 Å². The van der Waals surface area contributed by atoms with Crippen molar-refractivity contribution in [3.63, 3.8) is 0 Å². The molecule has 1 atom stereocenters. The molecule has 2 rings (SSSR count). The van der Waals surface area contributed by atoms with Crippen LogP contribution in [0.4, 0.5) is 0 Å². The van der Waals surface area contributed by atoms with Crippen LogP contribution in [0.25, 0.3) is 11.0 Å². The molecule has 1 N–H and O–H groups in total. The van der Waals surface area contributed by atoms with Gasteiger partial charge in [-0.25, -0.2) is 4.98 Å². The molecule has 0 radical (unpaired) electrons. The average molecular weight is 232 g/mol. The summed E-state index contributed by atoms with van der Waals surface area (Å²) in [6.07, 6.45) is 1.11. The second-order valence-corrected chi connectivity index (χ2v) is 4.22. The molecule has 1 aromatic heterocycles. The number of para-hydroxylation sites is 2. The van der Waals surface area contributed by atoms with Gasteiger partial charge in [0.15, 0.2) is 0 Å². The van der Waals surface area contributed by atoms with E-state index >= 15 is 0 Å². The van der Waals surface area contributed by atoms with Crippen LogP contribution in [0.15, 0.2) is 24.3 Å². The lowest BCUT2D eigenvalue weighted by molar-refractivity contribution is -0.141. The number of benzene rings is 1. The zero-order valence-corrected chi connectivity index (χ0v) is 10.1. The van der Waals surface area contributed by atoms with Crippen LogP contribution in [0.2, 0.25) is 0 Å². The average Bonchev–Trinajstić information content (AvgIpc) is 2.63. The maximum absolute atomic E-state index is 11.0. The first-order valence-corrected chi connectivity index (χ1v) is 5.76. The summed E-state index contributed by atoms with van der Waals surface area (Å²) in [5.41, 5.74) is 1.97. The molecule has 1 aromatic carbocycles. The Balaban J connectivity index is 2.36. The first kappa shape index (κ1) is 11.6. The first-order valence-electron chi connectivity index (χ1n) is 5.76. The number of fused-ring (bicyclic) bond motifs is 1. The fourth-order valence-electron chi connectivity index (χ4n) is 2.00. The molecule has 1 unspecified atom stereocenters. The minimum atomic E-state index is -0.750. The molecule has 0 amide bonds. The molecule has 4 heteroatoms. The van der Waals surface area contributed by atoms with E-state index in [0.717, 1.165) is 16.9 Å². The van der Waals surface area contributed by atoms with Crippen LogP contribution in [0.3, 0.4) is 0 Å². The second-order valence-electron chi connectivity index (χ2n) is 4.22. The van der Waals surface area contributed by atoms with Crippen molar-refractivity contribution in [3.05, 3.63) is 30.1 Å². The smallest absolute Gasteiger partial charge is 0.306 e. The largest absolute Gasteiger partial charge is 0.481 e. The van der Waals surface area contributed by atoms with E-state index in [-0.39, 0.29) is 5.92 Å². The zero-order chi connectivity index (χ0) is 12.4. The standard InChI is InChI=1S/C13H16N2O2/c1-3-9(13(16)17)8-12-14-10-6-4-5-7-11(10)15(12)2/h4-7,9H,3,8H2,1-2H3,(H,16,17). The Bertz CT molecular complexity index is 545. The van der Waals surface area contributed by atoms with Gasteiger partial charge in [-0.2, -0.15) is 0 Å². The number of carboxylic acid groups (broad SMARTS) is 1. The Kier molecular flexibility index (Phi) is 3.13. The fraction of sp³-hybridized carbons (Fsp3) is 0.385. The molecule has 0 aliphatic heterocycles. The lowest BCUT2D eigenvalue weighted by Gasteiger charge is -2.09. The van der Waals surface area contributed by atoms with Gasteiger partial charge >= 0.3 is 5.97 Å². The van der Waals surface area contributed by atoms with E-state index in [1.165, 1.54) is 0 Å². The molecule has 0 aliphatic carbocycles. The summed E-state index contributed by atoms with van der Waals surface area (Å²) in [4.78, 5) is 15.5. The number of aryl methyl sites for hydroxylation is 1. The third kappa shape index (κ3) is 2.16. The number of rotatable bonds is 4. The molecule has 2 aromatic rings. The summed E-state index contributed by atoms with van der Waals surface area (Å²) in [5, 5.41) is 9.06. The highest BCUT2D eigenvalue weighted by atomic mass is 16.4. The van der Waals surface area contributed by atoms with Crippen LogP contribution in [-0.4, -0.2) is 20.6 Å². The highest BCUT2D eigenvalue weighted by molar-refractivity contribution is 5.76. The number of carbonyl (C=O) groups is 1.